The van der Waals surface area contributed by atoms with Crippen molar-refractivity contribution < 1.29 is 19.4 Å². The zero-order valence-corrected chi connectivity index (χ0v) is 10.3. The molecule has 0 bridgehead atoms. The number of carboxylic acid groups (broad SMARTS) is 1. The molecule has 96 valence electrons. The van der Waals surface area contributed by atoms with Crippen molar-refractivity contribution in [2.24, 2.45) is 0 Å². The first-order chi connectivity index (χ1) is 8.69. The second-order valence-corrected chi connectivity index (χ2v) is 3.93. The maximum absolute atomic E-state index is 11.3. The third kappa shape index (κ3) is 2.04. The maximum atomic E-state index is 11.3. The number of carbonyl (C=O) groups is 1. The number of benzene rings is 1. The molecular weight excluding hydrogens is 234 g/mol. The normalized spacial score (nSPS) is 12.6. The predicted molar refractivity (Wildman–Crippen MR) is 67.0 cm³/mol. The average molecular weight is 249 g/mol. The molecule has 0 saturated heterocycles. The van der Waals surface area contributed by atoms with Gasteiger partial charge >= 0.3 is 5.97 Å². The molecule has 0 amide bonds. The van der Waals surface area contributed by atoms with Gasteiger partial charge in [-0.15, -0.1) is 0 Å². The van der Waals surface area contributed by atoms with Crippen LogP contribution in [0, 0.1) is 0 Å². The van der Waals surface area contributed by atoms with Crippen molar-refractivity contribution >= 4 is 16.9 Å². The summed E-state index contributed by atoms with van der Waals surface area (Å²) in [5, 5.41) is 10.1. The third-order valence-electron chi connectivity index (χ3n) is 2.89. The van der Waals surface area contributed by atoms with Crippen LogP contribution in [0.4, 0.5) is 0 Å². The summed E-state index contributed by atoms with van der Waals surface area (Å²) in [5.74, 6) is -0.190. The lowest BCUT2D eigenvalue weighted by atomic mass is 10.2. The van der Waals surface area contributed by atoms with Gasteiger partial charge < -0.3 is 19.1 Å². The molecule has 0 aliphatic heterocycles. The zero-order chi connectivity index (χ0) is 13.1. The van der Waals surface area contributed by atoms with E-state index in [1.165, 1.54) is 7.11 Å². The third-order valence-corrected chi connectivity index (χ3v) is 2.89. The first-order valence-electron chi connectivity index (χ1n) is 5.54. The summed E-state index contributed by atoms with van der Waals surface area (Å²) in [7, 11) is 3.08. The number of methoxy groups -OCH3 is 2. The molecule has 1 unspecified atom stereocenters. The summed E-state index contributed by atoms with van der Waals surface area (Å²) < 4.78 is 11.9. The van der Waals surface area contributed by atoms with E-state index < -0.39 is 12.0 Å². The Balaban J connectivity index is 2.54. The standard InChI is InChI=1S/C13H15NO4/c1-17-8-11(13(15)16)14-7-6-9-10(14)4-3-5-12(9)18-2/h3-7,11H,8H2,1-2H3,(H,15,16). The minimum atomic E-state index is -0.919. The average Bonchev–Trinajstić information content (AvgIpc) is 2.79. The van der Waals surface area contributed by atoms with Crippen molar-refractivity contribution in [3.05, 3.63) is 30.5 Å². The highest BCUT2D eigenvalue weighted by Crippen LogP contribution is 2.28. The maximum Gasteiger partial charge on any atom is 0.329 e. The van der Waals surface area contributed by atoms with Gasteiger partial charge in [-0.25, -0.2) is 4.79 Å². The molecule has 2 rings (SSSR count). The monoisotopic (exact) mass is 249 g/mol. The lowest BCUT2D eigenvalue weighted by molar-refractivity contribution is -0.142. The van der Waals surface area contributed by atoms with Gasteiger partial charge in [-0.3, -0.25) is 0 Å². The van der Waals surface area contributed by atoms with Crippen molar-refractivity contribution in [3.8, 4) is 5.75 Å². The smallest absolute Gasteiger partial charge is 0.329 e. The number of rotatable bonds is 5. The lowest BCUT2D eigenvalue weighted by Gasteiger charge is -2.15. The van der Waals surface area contributed by atoms with Crippen LogP contribution in [0.3, 0.4) is 0 Å². The number of aromatic nitrogens is 1. The van der Waals surface area contributed by atoms with E-state index in [-0.39, 0.29) is 6.61 Å². The van der Waals surface area contributed by atoms with Crippen LogP contribution in [0.2, 0.25) is 0 Å². The number of hydrogen-bond donors (Lipinski definition) is 1. The number of aliphatic carboxylic acids is 1. The molecule has 1 atom stereocenters. The Hall–Kier alpha value is -2.01. The molecule has 0 aliphatic rings. The fraction of sp³-hybridized carbons (Fsp3) is 0.308. The number of fused-ring (bicyclic) bond motifs is 1. The Bertz CT molecular complexity index is 561. The summed E-state index contributed by atoms with van der Waals surface area (Å²) in [5.41, 5.74) is 0.818. The van der Waals surface area contributed by atoms with Crippen molar-refractivity contribution in [3.63, 3.8) is 0 Å². The van der Waals surface area contributed by atoms with Gasteiger partial charge in [-0.05, 0) is 18.2 Å². The van der Waals surface area contributed by atoms with E-state index in [2.05, 4.69) is 0 Å². The molecule has 0 fully saturated rings. The predicted octanol–water partition coefficient (Wildman–Crippen LogP) is 1.92. The van der Waals surface area contributed by atoms with Gasteiger partial charge in [0, 0.05) is 18.7 Å². The fourth-order valence-electron chi connectivity index (χ4n) is 2.04. The lowest BCUT2D eigenvalue weighted by Crippen LogP contribution is -2.22. The van der Waals surface area contributed by atoms with Gasteiger partial charge in [-0.1, -0.05) is 6.07 Å². The van der Waals surface area contributed by atoms with Crippen molar-refractivity contribution in [2.75, 3.05) is 20.8 Å². The van der Waals surface area contributed by atoms with Crippen LogP contribution in [-0.2, 0) is 9.53 Å². The van der Waals surface area contributed by atoms with E-state index >= 15 is 0 Å². The summed E-state index contributed by atoms with van der Waals surface area (Å²) >= 11 is 0. The summed E-state index contributed by atoms with van der Waals surface area (Å²) in [4.78, 5) is 11.3. The van der Waals surface area contributed by atoms with E-state index in [9.17, 15) is 9.90 Å². The van der Waals surface area contributed by atoms with Crippen LogP contribution in [-0.4, -0.2) is 36.5 Å². The Morgan fingerprint density at radius 1 is 1.39 bits per heavy atom. The van der Waals surface area contributed by atoms with E-state index in [1.807, 2.05) is 24.3 Å². The minimum absolute atomic E-state index is 0.121. The van der Waals surface area contributed by atoms with E-state index in [0.29, 0.717) is 0 Å². The van der Waals surface area contributed by atoms with Crippen LogP contribution >= 0.6 is 0 Å². The largest absolute Gasteiger partial charge is 0.496 e. The summed E-state index contributed by atoms with van der Waals surface area (Å²) in [6.45, 7) is 0.121. The number of ether oxygens (including phenoxy) is 2. The van der Waals surface area contributed by atoms with Crippen molar-refractivity contribution in [2.45, 2.75) is 6.04 Å². The number of carboxylic acids is 1. The van der Waals surface area contributed by atoms with E-state index in [0.717, 1.165) is 16.7 Å². The van der Waals surface area contributed by atoms with Gasteiger partial charge in [0.15, 0.2) is 6.04 Å². The van der Waals surface area contributed by atoms with Gasteiger partial charge in [0.05, 0.1) is 19.2 Å². The van der Waals surface area contributed by atoms with Gasteiger partial charge in [-0.2, -0.15) is 0 Å². The minimum Gasteiger partial charge on any atom is -0.496 e. The Morgan fingerprint density at radius 2 is 2.17 bits per heavy atom. The molecule has 0 aliphatic carbocycles. The molecule has 0 spiro atoms. The topological polar surface area (TPSA) is 60.7 Å². The van der Waals surface area contributed by atoms with Crippen molar-refractivity contribution in [1.82, 2.24) is 4.57 Å². The Morgan fingerprint density at radius 3 is 2.78 bits per heavy atom. The first-order valence-corrected chi connectivity index (χ1v) is 5.54. The van der Waals surface area contributed by atoms with Gasteiger partial charge in [0.25, 0.3) is 0 Å². The number of hydrogen-bond acceptors (Lipinski definition) is 3. The highest BCUT2D eigenvalue weighted by Gasteiger charge is 2.21. The quantitative estimate of drug-likeness (QED) is 0.879. The number of nitrogens with zero attached hydrogens (tertiary/aromatic N) is 1. The Kier molecular flexibility index (Phi) is 3.53. The van der Waals surface area contributed by atoms with Crippen LogP contribution < -0.4 is 4.74 Å². The van der Waals surface area contributed by atoms with Crippen LogP contribution in [0.15, 0.2) is 30.5 Å². The second-order valence-electron chi connectivity index (χ2n) is 3.93. The SMILES string of the molecule is COCC(C(=O)O)n1ccc2c(OC)cccc21. The Labute approximate surface area is 105 Å². The molecule has 18 heavy (non-hydrogen) atoms. The molecular formula is C13H15NO4. The zero-order valence-electron chi connectivity index (χ0n) is 10.3. The van der Waals surface area contributed by atoms with Crippen LogP contribution in [0.25, 0.3) is 10.9 Å². The van der Waals surface area contributed by atoms with Gasteiger partial charge in [0.1, 0.15) is 5.75 Å². The van der Waals surface area contributed by atoms with E-state index in [4.69, 9.17) is 9.47 Å². The molecule has 5 heteroatoms. The first kappa shape index (κ1) is 12.4. The van der Waals surface area contributed by atoms with Crippen LogP contribution in [0.5, 0.6) is 5.75 Å². The highest BCUT2D eigenvalue weighted by molar-refractivity contribution is 5.88. The molecule has 1 N–H and O–H groups in total. The van der Waals surface area contributed by atoms with Crippen LogP contribution in [0.1, 0.15) is 6.04 Å². The fourth-order valence-corrected chi connectivity index (χ4v) is 2.04. The second kappa shape index (κ2) is 5.10. The molecule has 1 aromatic heterocycles. The van der Waals surface area contributed by atoms with Gasteiger partial charge in [0.2, 0.25) is 0 Å². The molecule has 1 heterocycles. The highest BCUT2D eigenvalue weighted by atomic mass is 16.5. The molecule has 0 radical (unpaired) electrons. The molecule has 1 aromatic carbocycles. The molecule has 5 nitrogen and oxygen atoms in total. The van der Waals surface area contributed by atoms with Crippen molar-refractivity contribution in [1.29, 1.82) is 0 Å². The summed E-state index contributed by atoms with van der Waals surface area (Å²) in [6, 6.07) is 6.66. The molecule has 2 aromatic rings. The molecule has 0 saturated carbocycles. The summed E-state index contributed by atoms with van der Waals surface area (Å²) in [6.07, 6.45) is 1.74. The van der Waals surface area contributed by atoms with E-state index in [1.54, 1.807) is 17.9 Å².